The highest BCUT2D eigenvalue weighted by Crippen LogP contribution is 2.12. The van der Waals surface area contributed by atoms with Gasteiger partial charge in [-0.2, -0.15) is 5.26 Å². The third kappa shape index (κ3) is 3.26. The highest BCUT2D eigenvalue weighted by molar-refractivity contribution is 8.02. The molecule has 3 heteroatoms. The molecule has 1 rings (SSSR count). The normalized spacial score (nSPS) is 10.8. The molecule has 0 N–H and O–H groups in total. The SMILES string of the molecule is CCS/C=C(\C#N)C(=O)c1ccccc1. The van der Waals surface area contributed by atoms with Crippen molar-refractivity contribution in [1.29, 1.82) is 5.26 Å². The minimum absolute atomic E-state index is 0.202. The van der Waals surface area contributed by atoms with E-state index in [0.717, 1.165) is 5.75 Å². The second kappa shape index (κ2) is 6.05. The molecule has 0 unspecified atom stereocenters. The highest BCUT2D eigenvalue weighted by Gasteiger charge is 2.10. The van der Waals surface area contributed by atoms with Crippen molar-refractivity contribution in [2.24, 2.45) is 0 Å². The second-order valence-electron chi connectivity index (χ2n) is 2.79. The fourth-order valence-corrected chi connectivity index (χ4v) is 1.54. The number of benzene rings is 1. The van der Waals surface area contributed by atoms with E-state index in [1.165, 1.54) is 11.8 Å². The molecule has 76 valence electrons. The Morgan fingerprint density at radius 1 is 1.47 bits per heavy atom. The molecule has 0 heterocycles. The van der Waals surface area contributed by atoms with Crippen LogP contribution in [0.3, 0.4) is 0 Å². The van der Waals surface area contributed by atoms with Gasteiger partial charge in [-0.15, -0.1) is 11.8 Å². The van der Waals surface area contributed by atoms with Crippen molar-refractivity contribution in [3.63, 3.8) is 0 Å². The van der Waals surface area contributed by atoms with Gasteiger partial charge in [-0.25, -0.2) is 0 Å². The van der Waals surface area contributed by atoms with Crippen LogP contribution in [0.1, 0.15) is 17.3 Å². The molecule has 0 radical (unpaired) electrons. The Kier molecular flexibility index (Phi) is 4.65. The van der Waals surface area contributed by atoms with Crippen molar-refractivity contribution in [1.82, 2.24) is 0 Å². The maximum atomic E-state index is 11.8. The van der Waals surface area contributed by atoms with Crippen LogP contribution in [-0.4, -0.2) is 11.5 Å². The van der Waals surface area contributed by atoms with Crippen molar-refractivity contribution >= 4 is 17.5 Å². The molecular weight excluding hydrogens is 206 g/mol. The first-order chi connectivity index (χ1) is 7.29. The Labute approximate surface area is 93.6 Å². The molecule has 1 aromatic rings. The van der Waals surface area contributed by atoms with Crippen molar-refractivity contribution in [3.05, 3.63) is 46.9 Å². The summed E-state index contributed by atoms with van der Waals surface area (Å²) in [7, 11) is 0. The summed E-state index contributed by atoms with van der Waals surface area (Å²) in [5.41, 5.74) is 0.759. The third-order valence-electron chi connectivity index (χ3n) is 1.77. The van der Waals surface area contributed by atoms with Crippen LogP contribution in [0.15, 0.2) is 41.3 Å². The number of nitrogens with zero attached hydrogens (tertiary/aromatic N) is 1. The topological polar surface area (TPSA) is 40.9 Å². The van der Waals surface area contributed by atoms with Crippen LogP contribution < -0.4 is 0 Å². The minimum Gasteiger partial charge on any atom is -0.288 e. The minimum atomic E-state index is -0.209. The van der Waals surface area contributed by atoms with E-state index in [1.807, 2.05) is 19.1 Å². The molecule has 15 heavy (non-hydrogen) atoms. The Morgan fingerprint density at radius 3 is 2.67 bits per heavy atom. The van der Waals surface area contributed by atoms with Gasteiger partial charge in [-0.3, -0.25) is 4.79 Å². The molecule has 0 aromatic heterocycles. The summed E-state index contributed by atoms with van der Waals surface area (Å²) in [6.07, 6.45) is 0. The molecule has 0 saturated heterocycles. The van der Waals surface area contributed by atoms with E-state index in [1.54, 1.807) is 29.7 Å². The molecule has 0 aliphatic rings. The number of ketones is 1. The molecular formula is C12H11NOS. The summed E-state index contributed by atoms with van der Waals surface area (Å²) >= 11 is 1.46. The number of carbonyl (C=O) groups excluding carboxylic acids is 1. The van der Waals surface area contributed by atoms with E-state index in [-0.39, 0.29) is 11.4 Å². The summed E-state index contributed by atoms with van der Waals surface area (Å²) in [6.45, 7) is 1.98. The van der Waals surface area contributed by atoms with E-state index >= 15 is 0 Å². The fraction of sp³-hybridized carbons (Fsp3) is 0.167. The Morgan fingerprint density at radius 2 is 2.13 bits per heavy atom. The maximum absolute atomic E-state index is 11.8. The van der Waals surface area contributed by atoms with Gasteiger partial charge in [0.2, 0.25) is 5.78 Å². The molecule has 1 aromatic carbocycles. The van der Waals surface area contributed by atoms with Gasteiger partial charge in [0, 0.05) is 5.56 Å². The quantitative estimate of drug-likeness (QED) is 0.442. The lowest BCUT2D eigenvalue weighted by Gasteiger charge is -1.97. The first kappa shape index (κ1) is 11.5. The van der Waals surface area contributed by atoms with E-state index in [9.17, 15) is 4.79 Å². The average Bonchev–Trinajstić information content (AvgIpc) is 2.31. The van der Waals surface area contributed by atoms with Gasteiger partial charge in [0.05, 0.1) is 0 Å². The van der Waals surface area contributed by atoms with Crippen molar-refractivity contribution in [3.8, 4) is 6.07 Å². The summed E-state index contributed by atoms with van der Waals surface area (Å²) in [4.78, 5) is 11.8. The van der Waals surface area contributed by atoms with E-state index in [4.69, 9.17) is 5.26 Å². The molecule has 0 aliphatic carbocycles. The number of allylic oxidation sites excluding steroid dienone is 1. The summed E-state index contributed by atoms with van der Waals surface area (Å²) < 4.78 is 0. The lowest BCUT2D eigenvalue weighted by atomic mass is 10.1. The van der Waals surface area contributed by atoms with Crippen LogP contribution in [0.2, 0.25) is 0 Å². The molecule has 2 nitrogen and oxygen atoms in total. The van der Waals surface area contributed by atoms with Gasteiger partial charge >= 0.3 is 0 Å². The van der Waals surface area contributed by atoms with E-state index in [2.05, 4.69) is 0 Å². The second-order valence-corrected chi connectivity index (χ2v) is 3.94. The zero-order valence-corrected chi connectivity index (χ0v) is 9.25. The Bertz CT molecular complexity index is 403. The van der Waals surface area contributed by atoms with Crippen LogP contribution in [-0.2, 0) is 0 Å². The number of nitriles is 1. The summed E-state index contributed by atoms with van der Waals surface area (Å²) in [5, 5.41) is 10.5. The number of Topliss-reactive ketones (excluding diaryl/α,β-unsaturated/α-hetero) is 1. The van der Waals surface area contributed by atoms with Crippen molar-refractivity contribution in [2.45, 2.75) is 6.92 Å². The van der Waals surface area contributed by atoms with Crippen LogP contribution in [0.5, 0.6) is 0 Å². The number of carbonyl (C=O) groups is 1. The van der Waals surface area contributed by atoms with Crippen LogP contribution in [0.4, 0.5) is 0 Å². The first-order valence-corrected chi connectivity index (χ1v) is 5.66. The number of hydrogen-bond donors (Lipinski definition) is 0. The van der Waals surface area contributed by atoms with Gasteiger partial charge in [0.25, 0.3) is 0 Å². The summed E-state index contributed by atoms with van der Waals surface area (Å²) in [5.74, 6) is 0.645. The summed E-state index contributed by atoms with van der Waals surface area (Å²) in [6, 6.07) is 10.8. The monoisotopic (exact) mass is 217 g/mol. The predicted molar refractivity (Wildman–Crippen MR) is 62.6 cm³/mol. The van der Waals surface area contributed by atoms with Crippen LogP contribution >= 0.6 is 11.8 Å². The van der Waals surface area contributed by atoms with Gasteiger partial charge in [-0.05, 0) is 11.2 Å². The van der Waals surface area contributed by atoms with Crippen LogP contribution in [0.25, 0.3) is 0 Å². The van der Waals surface area contributed by atoms with E-state index < -0.39 is 0 Å². The highest BCUT2D eigenvalue weighted by atomic mass is 32.2. The standard InChI is InChI=1S/C12H11NOS/c1-2-15-9-11(8-13)12(14)10-6-4-3-5-7-10/h3-7,9H,2H2,1H3/b11-9+. The van der Waals surface area contributed by atoms with E-state index in [0.29, 0.717) is 5.56 Å². The van der Waals surface area contributed by atoms with Crippen LogP contribution in [0, 0.1) is 11.3 Å². The Balaban J connectivity index is 2.89. The maximum Gasteiger partial charge on any atom is 0.204 e. The van der Waals surface area contributed by atoms with Gasteiger partial charge < -0.3 is 0 Å². The zero-order valence-electron chi connectivity index (χ0n) is 8.43. The lowest BCUT2D eigenvalue weighted by molar-refractivity contribution is 0.103. The van der Waals surface area contributed by atoms with Crippen molar-refractivity contribution in [2.75, 3.05) is 5.75 Å². The first-order valence-electron chi connectivity index (χ1n) is 4.61. The number of thioether (sulfide) groups is 1. The molecule has 0 bridgehead atoms. The van der Waals surface area contributed by atoms with Gasteiger partial charge in [0.1, 0.15) is 11.6 Å². The average molecular weight is 217 g/mol. The molecule has 0 atom stereocenters. The largest absolute Gasteiger partial charge is 0.288 e. The molecule has 0 fully saturated rings. The molecule has 0 saturated carbocycles. The zero-order chi connectivity index (χ0) is 11.1. The van der Waals surface area contributed by atoms with Crippen molar-refractivity contribution < 1.29 is 4.79 Å². The molecule has 0 aliphatic heterocycles. The van der Waals surface area contributed by atoms with Gasteiger partial charge in [0.15, 0.2) is 0 Å². The molecule has 0 spiro atoms. The number of rotatable bonds is 4. The lowest BCUT2D eigenvalue weighted by Crippen LogP contribution is -2.00. The third-order valence-corrected chi connectivity index (χ3v) is 2.50. The smallest absolute Gasteiger partial charge is 0.204 e. The Hall–Kier alpha value is -1.53. The number of hydrogen-bond acceptors (Lipinski definition) is 3. The molecule has 0 amide bonds. The fourth-order valence-electron chi connectivity index (χ4n) is 1.04. The van der Waals surface area contributed by atoms with Gasteiger partial charge in [-0.1, -0.05) is 37.3 Å². The predicted octanol–water partition coefficient (Wildman–Crippen LogP) is 3.03.